The lowest BCUT2D eigenvalue weighted by Crippen LogP contribution is -2.44. The fraction of sp³-hybridized carbons (Fsp3) is 0.458. The Morgan fingerprint density at radius 3 is 2.54 bits per heavy atom. The van der Waals surface area contributed by atoms with Crippen molar-refractivity contribution in [1.29, 1.82) is 0 Å². The summed E-state index contributed by atoms with van der Waals surface area (Å²) in [4.78, 5) is 25.1. The predicted octanol–water partition coefficient (Wildman–Crippen LogP) is 4.57. The normalized spacial score (nSPS) is 20.2. The summed E-state index contributed by atoms with van der Waals surface area (Å²) in [6, 6.07) is 2.33. The number of benzene rings is 1. The second kappa shape index (κ2) is 9.54. The predicted molar refractivity (Wildman–Crippen MR) is 124 cm³/mol. The highest BCUT2D eigenvalue weighted by atomic mass is 19.4. The summed E-state index contributed by atoms with van der Waals surface area (Å²) in [7, 11) is 0. The minimum Gasteiger partial charge on any atom is -0.373 e. The molecule has 11 heteroatoms. The summed E-state index contributed by atoms with van der Waals surface area (Å²) >= 11 is 0. The van der Waals surface area contributed by atoms with E-state index >= 15 is 0 Å². The van der Waals surface area contributed by atoms with Crippen molar-refractivity contribution in [3.05, 3.63) is 63.1 Å². The third-order valence-corrected chi connectivity index (χ3v) is 5.92. The molecule has 188 valence electrons. The molecule has 0 unspecified atom stereocenters. The maximum atomic E-state index is 14.9. The van der Waals surface area contributed by atoms with Crippen LogP contribution in [0.25, 0.3) is 10.9 Å². The molecule has 0 aliphatic carbocycles. The average Bonchev–Trinajstić information content (AvgIpc) is 2.73. The lowest BCUT2D eigenvalue weighted by Gasteiger charge is -2.35. The van der Waals surface area contributed by atoms with Gasteiger partial charge in [0.2, 0.25) is 0 Å². The number of hydrogen-bond acceptors (Lipinski definition) is 6. The number of nitrogens with one attached hydrogen (secondary N) is 2. The van der Waals surface area contributed by atoms with Gasteiger partial charge >= 0.3 is 6.18 Å². The molecule has 4 rings (SSSR count). The van der Waals surface area contributed by atoms with E-state index in [4.69, 9.17) is 4.74 Å². The first-order chi connectivity index (χ1) is 16.4. The average molecular weight is 494 g/mol. The molecule has 3 heterocycles. The lowest BCUT2D eigenvalue weighted by atomic mass is 9.98. The molecule has 3 atom stereocenters. The maximum Gasteiger partial charge on any atom is 0.416 e. The van der Waals surface area contributed by atoms with Crippen LogP contribution in [0.15, 0.2) is 29.2 Å². The molecule has 0 amide bonds. The number of morpholine rings is 1. The second-order valence-electron chi connectivity index (χ2n) is 9.10. The minimum absolute atomic E-state index is 0.0185. The minimum atomic E-state index is -4.69. The van der Waals surface area contributed by atoms with Crippen LogP contribution in [0.4, 0.5) is 23.4 Å². The second-order valence-corrected chi connectivity index (χ2v) is 9.10. The topological polar surface area (TPSA) is 83.1 Å². The van der Waals surface area contributed by atoms with Crippen molar-refractivity contribution in [2.24, 2.45) is 0 Å². The Bertz CT molecular complexity index is 1280. The Balaban J connectivity index is 1.60. The van der Waals surface area contributed by atoms with Crippen LogP contribution in [0, 0.1) is 12.7 Å². The SMILES string of the molecule is Cc1nc2cc(C(F)(F)F)c([C@@H](C)Nc3ncc(CN4C[C@@H](C)O[C@@H](C)C4)cc3F)cc2c(=O)[nH]1. The Labute approximate surface area is 199 Å². The van der Waals surface area contributed by atoms with Crippen LogP contribution in [-0.2, 0) is 17.5 Å². The summed E-state index contributed by atoms with van der Waals surface area (Å²) in [5.41, 5.74) is -1.11. The molecule has 0 radical (unpaired) electrons. The summed E-state index contributed by atoms with van der Waals surface area (Å²) < 4.78 is 62.1. The molecule has 7 nitrogen and oxygen atoms in total. The number of fused-ring (bicyclic) bond motifs is 1. The summed E-state index contributed by atoms with van der Waals surface area (Å²) in [6.45, 7) is 8.79. The van der Waals surface area contributed by atoms with Gasteiger partial charge in [0.25, 0.3) is 5.56 Å². The van der Waals surface area contributed by atoms with E-state index in [9.17, 15) is 22.4 Å². The Morgan fingerprint density at radius 2 is 1.91 bits per heavy atom. The highest BCUT2D eigenvalue weighted by molar-refractivity contribution is 5.80. The van der Waals surface area contributed by atoms with Gasteiger partial charge in [0.15, 0.2) is 11.6 Å². The molecule has 0 spiro atoms. The Hall–Kier alpha value is -3.05. The van der Waals surface area contributed by atoms with Crippen LogP contribution in [-0.4, -0.2) is 45.1 Å². The van der Waals surface area contributed by atoms with Gasteiger partial charge in [0, 0.05) is 25.8 Å². The smallest absolute Gasteiger partial charge is 0.373 e. The number of halogens is 4. The van der Waals surface area contributed by atoms with E-state index in [0.717, 1.165) is 12.1 Å². The van der Waals surface area contributed by atoms with Gasteiger partial charge in [0.1, 0.15) is 5.82 Å². The van der Waals surface area contributed by atoms with Crippen molar-refractivity contribution in [2.45, 2.75) is 58.7 Å². The zero-order valence-electron chi connectivity index (χ0n) is 19.8. The third-order valence-electron chi connectivity index (χ3n) is 5.92. The molecule has 1 aromatic carbocycles. The van der Waals surface area contributed by atoms with Gasteiger partial charge in [-0.2, -0.15) is 13.2 Å². The highest BCUT2D eigenvalue weighted by Gasteiger charge is 2.35. The number of aryl methyl sites for hydroxylation is 1. The number of hydrogen-bond donors (Lipinski definition) is 2. The number of ether oxygens (including phenoxy) is 1. The van der Waals surface area contributed by atoms with Gasteiger partial charge in [-0.1, -0.05) is 0 Å². The van der Waals surface area contributed by atoms with E-state index in [2.05, 4.69) is 25.2 Å². The number of anilines is 1. The molecule has 1 fully saturated rings. The Morgan fingerprint density at radius 1 is 1.23 bits per heavy atom. The fourth-order valence-electron chi connectivity index (χ4n) is 4.55. The van der Waals surface area contributed by atoms with Crippen molar-refractivity contribution in [3.8, 4) is 0 Å². The summed E-state index contributed by atoms with van der Waals surface area (Å²) in [5.74, 6) is -0.635. The molecule has 1 aliphatic heterocycles. The quantitative estimate of drug-likeness (QED) is 0.507. The van der Waals surface area contributed by atoms with Crippen LogP contribution in [0.3, 0.4) is 0 Å². The molecule has 0 bridgehead atoms. The van der Waals surface area contributed by atoms with E-state index in [0.29, 0.717) is 25.2 Å². The monoisotopic (exact) mass is 493 g/mol. The van der Waals surface area contributed by atoms with Gasteiger partial charge in [-0.25, -0.2) is 14.4 Å². The standard InChI is InChI=1S/C24H27F4N5O2/c1-12-9-33(10-13(2)35-12)11-16-5-20(25)22(29-8-16)30-14(3)17-6-18-21(7-19(17)24(26,27)28)31-15(4)32-23(18)34/h5-8,12-14H,9-11H2,1-4H3,(H,29,30)(H,31,32,34)/t12-,13+,14-/m1/s1. The molecule has 0 saturated carbocycles. The van der Waals surface area contributed by atoms with E-state index in [1.165, 1.54) is 26.1 Å². The van der Waals surface area contributed by atoms with Gasteiger partial charge in [-0.05, 0) is 57.0 Å². The first kappa shape index (κ1) is 25.1. The van der Waals surface area contributed by atoms with Crippen LogP contribution in [0.2, 0.25) is 0 Å². The van der Waals surface area contributed by atoms with Crippen molar-refractivity contribution in [1.82, 2.24) is 19.9 Å². The van der Waals surface area contributed by atoms with Crippen molar-refractivity contribution in [3.63, 3.8) is 0 Å². The molecule has 2 N–H and O–H groups in total. The molecule has 2 aromatic heterocycles. The van der Waals surface area contributed by atoms with Crippen molar-refractivity contribution >= 4 is 16.7 Å². The Kier molecular flexibility index (Phi) is 6.83. The van der Waals surface area contributed by atoms with Crippen molar-refractivity contribution in [2.75, 3.05) is 18.4 Å². The summed E-state index contributed by atoms with van der Waals surface area (Å²) in [5, 5.41) is 2.75. The number of alkyl halides is 3. The number of nitrogens with zero attached hydrogens (tertiary/aromatic N) is 3. The van der Waals surface area contributed by atoms with E-state index in [1.54, 1.807) is 0 Å². The first-order valence-electron chi connectivity index (χ1n) is 11.3. The first-order valence-corrected chi connectivity index (χ1v) is 11.3. The van der Waals surface area contributed by atoms with Crippen LogP contribution in [0.5, 0.6) is 0 Å². The van der Waals surface area contributed by atoms with E-state index in [-0.39, 0.29) is 40.3 Å². The zero-order chi connectivity index (χ0) is 25.5. The van der Waals surface area contributed by atoms with Gasteiger partial charge in [-0.15, -0.1) is 0 Å². The van der Waals surface area contributed by atoms with Gasteiger partial charge in [0.05, 0.1) is 34.7 Å². The molecule has 3 aromatic rings. The number of pyridine rings is 1. The number of aromatic nitrogens is 3. The van der Waals surface area contributed by atoms with Crippen molar-refractivity contribution < 1.29 is 22.3 Å². The van der Waals surface area contributed by atoms with E-state index in [1.807, 2.05) is 13.8 Å². The lowest BCUT2D eigenvalue weighted by molar-refractivity contribution is -0.138. The summed E-state index contributed by atoms with van der Waals surface area (Å²) in [6.07, 6.45) is -3.06. The number of H-pyrrole nitrogens is 1. The maximum absolute atomic E-state index is 14.9. The zero-order valence-corrected chi connectivity index (χ0v) is 19.8. The molecule has 35 heavy (non-hydrogen) atoms. The third kappa shape index (κ3) is 5.62. The van der Waals surface area contributed by atoms with Gasteiger partial charge in [-0.3, -0.25) is 9.69 Å². The molecular formula is C24H27F4N5O2. The van der Waals surface area contributed by atoms with Crippen LogP contribution >= 0.6 is 0 Å². The number of aromatic amines is 1. The fourth-order valence-corrected chi connectivity index (χ4v) is 4.55. The van der Waals surface area contributed by atoms with E-state index < -0.39 is 29.2 Å². The molecular weight excluding hydrogens is 466 g/mol. The largest absolute Gasteiger partial charge is 0.416 e. The highest BCUT2D eigenvalue weighted by Crippen LogP contribution is 2.37. The molecule has 1 aliphatic rings. The molecule has 1 saturated heterocycles. The van der Waals surface area contributed by atoms with Crippen LogP contribution in [0.1, 0.15) is 49.3 Å². The number of rotatable bonds is 5. The van der Waals surface area contributed by atoms with Gasteiger partial charge < -0.3 is 15.0 Å². The van der Waals surface area contributed by atoms with Crippen LogP contribution < -0.4 is 10.9 Å².